The molecule has 0 saturated carbocycles. The summed E-state index contributed by atoms with van der Waals surface area (Å²) in [5.41, 5.74) is -0.0652. The van der Waals surface area contributed by atoms with E-state index in [1.807, 2.05) is 0 Å². The van der Waals surface area contributed by atoms with E-state index in [1.165, 1.54) is 25.3 Å². The van der Waals surface area contributed by atoms with E-state index in [-0.39, 0.29) is 5.69 Å². The zero-order valence-electron chi connectivity index (χ0n) is 8.60. The Morgan fingerprint density at radius 3 is 2.82 bits per heavy atom. The van der Waals surface area contributed by atoms with Gasteiger partial charge in [-0.25, -0.2) is 4.79 Å². The van der Waals surface area contributed by atoms with Crippen molar-refractivity contribution in [1.29, 1.82) is 0 Å². The van der Waals surface area contributed by atoms with Gasteiger partial charge in [0.05, 0.1) is 12.0 Å². The van der Waals surface area contributed by atoms with Crippen LogP contribution in [0.25, 0.3) is 10.1 Å². The molecule has 0 N–H and O–H groups in total. The van der Waals surface area contributed by atoms with Crippen LogP contribution in [0.3, 0.4) is 0 Å². The van der Waals surface area contributed by atoms with Gasteiger partial charge in [0.15, 0.2) is 0 Å². The highest BCUT2D eigenvalue weighted by Gasteiger charge is 2.19. The molecule has 0 unspecified atom stereocenters. The Morgan fingerprint density at radius 1 is 1.53 bits per heavy atom. The molecule has 1 aromatic heterocycles. The lowest BCUT2D eigenvalue weighted by atomic mass is 10.2. The number of esters is 1. The summed E-state index contributed by atoms with van der Waals surface area (Å²) in [6.07, 6.45) is 0. The monoisotopic (exact) mass is 271 g/mol. The van der Waals surface area contributed by atoms with Crippen LogP contribution < -0.4 is 0 Å². The highest BCUT2D eigenvalue weighted by Crippen LogP contribution is 2.37. The van der Waals surface area contributed by atoms with E-state index in [1.54, 1.807) is 0 Å². The Kier molecular flexibility index (Phi) is 2.99. The molecule has 0 aliphatic heterocycles. The van der Waals surface area contributed by atoms with Gasteiger partial charge in [0, 0.05) is 16.5 Å². The molecule has 0 amide bonds. The summed E-state index contributed by atoms with van der Waals surface area (Å²) in [4.78, 5) is 22.0. The number of nitro benzene ring substituents is 1. The maximum atomic E-state index is 11.4. The van der Waals surface area contributed by atoms with Crippen LogP contribution in [0.15, 0.2) is 18.2 Å². The fourth-order valence-electron chi connectivity index (χ4n) is 1.42. The topological polar surface area (TPSA) is 69.4 Å². The van der Waals surface area contributed by atoms with Crippen LogP contribution in [0.2, 0.25) is 5.02 Å². The zero-order chi connectivity index (χ0) is 12.6. The molecule has 5 nitrogen and oxygen atoms in total. The van der Waals surface area contributed by atoms with Crippen molar-refractivity contribution in [3.63, 3.8) is 0 Å². The molecule has 0 aliphatic carbocycles. The number of benzene rings is 1. The lowest BCUT2D eigenvalue weighted by Crippen LogP contribution is -1.96. The third-order valence-electron chi connectivity index (χ3n) is 2.19. The predicted molar refractivity (Wildman–Crippen MR) is 64.8 cm³/mol. The van der Waals surface area contributed by atoms with Crippen LogP contribution in [0.4, 0.5) is 5.69 Å². The van der Waals surface area contributed by atoms with Crippen molar-refractivity contribution in [1.82, 2.24) is 0 Å². The lowest BCUT2D eigenvalue weighted by Gasteiger charge is -1.94. The molecule has 0 radical (unpaired) electrons. The Bertz CT molecular complexity index is 622. The van der Waals surface area contributed by atoms with Crippen molar-refractivity contribution < 1.29 is 14.5 Å². The Balaban J connectivity index is 2.74. The van der Waals surface area contributed by atoms with Crippen molar-refractivity contribution >= 4 is 44.7 Å². The van der Waals surface area contributed by atoms with Crippen LogP contribution >= 0.6 is 22.9 Å². The van der Waals surface area contributed by atoms with Crippen molar-refractivity contribution in [2.75, 3.05) is 7.11 Å². The number of ether oxygens (including phenoxy) is 1. The third-order valence-corrected chi connectivity index (χ3v) is 3.66. The summed E-state index contributed by atoms with van der Waals surface area (Å²) in [5.74, 6) is -0.531. The van der Waals surface area contributed by atoms with E-state index < -0.39 is 10.9 Å². The summed E-state index contributed by atoms with van der Waals surface area (Å²) in [6, 6.07) is 4.26. The number of nitrogens with zero attached hydrogens (tertiary/aromatic N) is 1. The van der Waals surface area contributed by atoms with E-state index in [0.717, 1.165) is 11.3 Å². The molecule has 0 atom stereocenters. The van der Waals surface area contributed by atoms with Gasteiger partial charge in [-0.2, -0.15) is 0 Å². The van der Waals surface area contributed by atoms with E-state index in [9.17, 15) is 14.9 Å². The maximum absolute atomic E-state index is 11.4. The molecule has 0 saturated heterocycles. The first kappa shape index (κ1) is 11.8. The molecule has 0 fully saturated rings. The number of methoxy groups -OCH3 is 1. The molecular weight excluding hydrogens is 266 g/mol. The summed E-state index contributed by atoms with van der Waals surface area (Å²) >= 11 is 6.93. The van der Waals surface area contributed by atoms with Crippen molar-refractivity contribution in [3.05, 3.63) is 38.2 Å². The number of hydrogen-bond donors (Lipinski definition) is 0. The highest BCUT2D eigenvalue weighted by molar-refractivity contribution is 7.21. The minimum absolute atomic E-state index is 0.0652. The summed E-state index contributed by atoms with van der Waals surface area (Å²) in [5, 5.41) is 11.7. The summed E-state index contributed by atoms with van der Waals surface area (Å²) in [6.45, 7) is 0. The van der Waals surface area contributed by atoms with Gasteiger partial charge in [-0.15, -0.1) is 11.3 Å². The zero-order valence-corrected chi connectivity index (χ0v) is 10.2. The molecule has 88 valence electrons. The third kappa shape index (κ3) is 1.96. The number of carbonyl (C=O) groups excluding carboxylic acids is 1. The number of fused-ring (bicyclic) bond motifs is 1. The molecule has 1 aromatic carbocycles. The van der Waals surface area contributed by atoms with Crippen LogP contribution in [0.5, 0.6) is 0 Å². The van der Waals surface area contributed by atoms with Gasteiger partial charge in [-0.05, 0) is 12.1 Å². The molecule has 17 heavy (non-hydrogen) atoms. The Morgan fingerprint density at radius 2 is 2.24 bits per heavy atom. The number of carbonyl (C=O) groups is 1. The molecule has 2 aromatic rings. The number of non-ortho nitro benzene ring substituents is 1. The van der Waals surface area contributed by atoms with Crippen molar-refractivity contribution in [2.45, 2.75) is 0 Å². The van der Waals surface area contributed by atoms with Gasteiger partial charge in [-0.1, -0.05) is 11.6 Å². The Hall–Kier alpha value is -1.66. The molecule has 7 heteroatoms. The molecule has 2 rings (SSSR count). The summed E-state index contributed by atoms with van der Waals surface area (Å²) < 4.78 is 4.94. The SMILES string of the molecule is COC(=O)c1cc2c(Cl)ccc([N+](=O)[O-])c2s1. The summed E-state index contributed by atoms with van der Waals surface area (Å²) in [7, 11) is 1.25. The standard InChI is InChI=1S/C10H6ClNO4S/c1-16-10(13)8-4-5-6(11)2-3-7(12(14)15)9(5)17-8/h2-4H,1H3. The van der Waals surface area contributed by atoms with E-state index in [0.29, 0.717) is 20.0 Å². The number of halogens is 1. The van der Waals surface area contributed by atoms with Gasteiger partial charge in [-0.3, -0.25) is 10.1 Å². The number of nitro groups is 1. The molecular formula is C10H6ClNO4S. The van der Waals surface area contributed by atoms with E-state index in [2.05, 4.69) is 4.74 Å². The minimum atomic E-state index is -0.531. The first-order chi connectivity index (χ1) is 8.04. The number of thiophene rings is 1. The average Bonchev–Trinajstić information content (AvgIpc) is 2.73. The van der Waals surface area contributed by atoms with Gasteiger partial charge in [0.25, 0.3) is 5.69 Å². The molecule has 0 bridgehead atoms. The van der Waals surface area contributed by atoms with Gasteiger partial charge in [0.1, 0.15) is 9.58 Å². The first-order valence-electron chi connectivity index (χ1n) is 4.49. The van der Waals surface area contributed by atoms with Gasteiger partial charge < -0.3 is 4.74 Å². The largest absolute Gasteiger partial charge is 0.465 e. The number of rotatable bonds is 2. The number of hydrogen-bond acceptors (Lipinski definition) is 5. The second kappa shape index (κ2) is 4.31. The van der Waals surface area contributed by atoms with E-state index in [4.69, 9.17) is 11.6 Å². The fourth-order valence-corrected chi connectivity index (χ4v) is 2.78. The quantitative estimate of drug-likeness (QED) is 0.478. The van der Waals surface area contributed by atoms with Crippen LogP contribution in [0, 0.1) is 10.1 Å². The predicted octanol–water partition coefficient (Wildman–Crippen LogP) is 3.25. The minimum Gasteiger partial charge on any atom is -0.465 e. The first-order valence-corrected chi connectivity index (χ1v) is 5.68. The maximum Gasteiger partial charge on any atom is 0.348 e. The second-order valence-electron chi connectivity index (χ2n) is 3.17. The van der Waals surface area contributed by atoms with Crippen LogP contribution in [0.1, 0.15) is 9.67 Å². The average molecular weight is 272 g/mol. The highest BCUT2D eigenvalue weighted by atomic mass is 35.5. The molecule has 0 spiro atoms. The second-order valence-corrected chi connectivity index (χ2v) is 4.63. The smallest absolute Gasteiger partial charge is 0.348 e. The molecule has 1 heterocycles. The Labute approximate surface area is 105 Å². The van der Waals surface area contributed by atoms with Gasteiger partial charge >= 0.3 is 5.97 Å². The van der Waals surface area contributed by atoms with Crippen molar-refractivity contribution in [2.24, 2.45) is 0 Å². The van der Waals surface area contributed by atoms with Crippen LogP contribution in [-0.2, 0) is 4.74 Å². The van der Waals surface area contributed by atoms with Gasteiger partial charge in [0.2, 0.25) is 0 Å². The molecule has 0 aliphatic rings. The van der Waals surface area contributed by atoms with Crippen LogP contribution in [-0.4, -0.2) is 18.0 Å². The van der Waals surface area contributed by atoms with Crippen molar-refractivity contribution in [3.8, 4) is 0 Å². The lowest BCUT2D eigenvalue weighted by molar-refractivity contribution is -0.382. The normalized spacial score (nSPS) is 10.5. The fraction of sp³-hybridized carbons (Fsp3) is 0.100. The van der Waals surface area contributed by atoms with E-state index >= 15 is 0 Å².